The first-order valence-electron chi connectivity index (χ1n) is 9.60. The molecule has 0 bridgehead atoms. The summed E-state index contributed by atoms with van der Waals surface area (Å²) < 4.78 is 10.7. The second-order valence-electron chi connectivity index (χ2n) is 7.79. The van der Waals surface area contributed by atoms with Gasteiger partial charge in [0.25, 0.3) is 0 Å². The van der Waals surface area contributed by atoms with E-state index in [0.29, 0.717) is 12.3 Å². The van der Waals surface area contributed by atoms with Crippen LogP contribution in [0.25, 0.3) is 0 Å². The van der Waals surface area contributed by atoms with E-state index in [0.717, 1.165) is 17.9 Å². The highest BCUT2D eigenvalue weighted by Gasteiger charge is 2.36. The van der Waals surface area contributed by atoms with E-state index in [4.69, 9.17) is 9.47 Å². The minimum atomic E-state index is -0.471. The van der Waals surface area contributed by atoms with Crippen LogP contribution in [0.15, 0.2) is 48.5 Å². The summed E-state index contributed by atoms with van der Waals surface area (Å²) >= 11 is 0. The molecular formula is C23H27NO4. The lowest BCUT2D eigenvalue weighted by molar-refractivity contribution is -0.139. The van der Waals surface area contributed by atoms with Crippen LogP contribution < -0.4 is 14.4 Å². The lowest BCUT2D eigenvalue weighted by Gasteiger charge is -2.23. The van der Waals surface area contributed by atoms with Crippen molar-refractivity contribution in [1.29, 1.82) is 0 Å². The highest BCUT2D eigenvalue weighted by Crippen LogP contribution is 2.30. The molecule has 1 aliphatic heterocycles. The number of ether oxygens (including phenoxy) is 2. The fourth-order valence-electron chi connectivity index (χ4n) is 3.25. The fraction of sp³-hybridized carbons (Fsp3) is 0.391. The maximum absolute atomic E-state index is 12.6. The van der Waals surface area contributed by atoms with Crippen molar-refractivity contribution in [2.75, 3.05) is 18.6 Å². The van der Waals surface area contributed by atoms with Gasteiger partial charge < -0.3 is 14.4 Å². The molecule has 1 atom stereocenters. The van der Waals surface area contributed by atoms with Gasteiger partial charge in [0.1, 0.15) is 11.5 Å². The van der Waals surface area contributed by atoms with Gasteiger partial charge in [0.05, 0.1) is 13.0 Å². The van der Waals surface area contributed by atoms with E-state index in [1.165, 1.54) is 5.56 Å². The molecule has 0 aromatic heterocycles. The Balaban J connectivity index is 1.64. The van der Waals surface area contributed by atoms with Gasteiger partial charge in [-0.1, -0.05) is 32.9 Å². The molecule has 0 spiro atoms. The minimum absolute atomic E-state index is 0.0767. The maximum atomic E-state index is 12.6. The van der Waals surface area contributed by atoms with Crippen molar-refractivity contribution in [3.8, 4) is 11.5 Å². The molecule has 0 unspecified atom stereocenters. The van der Waals surface area contributed by atoms with Gasteiger partial charge in [0, 0.05) is 18.7 Å². The van der Waals surface area contributed by atoms with E-state index in [2.05, 4.69) is 20.8 Å². The molecular weight excluding hydrogens is 354 g/mol. The van der Waals surface area contributed by atoms with E-state index in [1.807, 2.05) is 36.4 Å². The van der Waals surface area contributed by atoms with E-state index < -0.39 is 5.92 Å². The number of anilines is 1. The first-order valence-corrected chi connectivity index (χ1v) is 9.60. The number of carbonyl (C=O) groups is 2. The zero-order valence-electron chi connectivity index (χ0n) is 16.9. The first kappa shape index (κ1) is 19.9. The number of nitrogens with zero attached hydrogens (tertiary/aromatic N) is 1. The molecule has 3 rings (SSSR count). The van der Waals surface area contributed by atoms with Crippen LogP contribution in [0.5, 0.6) is 11.5 Å². The molecule has 1 amide bonds. The minimum Gasteiger partial charge on any atom is -0.497 e. The smallest absolute Gasteiger partial charge is 0.316 e. The Morgan fingerprint density at radius 1 is 1.07 bits per heavy atom. The third-order valence-corrected chi connectivity index (χ3v) is 5.58. The molecule has 5 heteroatoms. The van der Waals surface area contributed by atoms with Crippen molar-refractivity contribution in [2.24, 2.45) is 5.92 Å². The molecule has 148 valence electrons. The summed E-state index contributed by atoms with van der Waals surface area (Å²) in [5.41, 5.74) is 2.04. The summed E-state index contributed by atoms with van der Waals surface area (Å²) in [5.74, 6) is 0.317. The Kier molecular flexibility index (Phi) is 5.73. The van der Waals surface area contributed by atoms with E-state index in [-0.39, 0.29) is 23.7 Å². The normalized spacial score (nSPS) is 16.9. The van der Waals surface area contributed by atoms with Gasteiger partial charge in [-0.05, 0) is 53.8 Å². The van der Waals surface area contributed by atoms with Gasteiger partial charge in [-0.15, -0.1) is 0 Å². The van der Waals surface area contributed by atoms with Gasteiger partial charge in [-0.2, -0.15) is 0 Å². The van der Waals surface area contributed by atoms with E-state index in [9.17, 15) is 9.59 Å². The molecule has 1 saturated heterocycles. The van der Waals surface area contributed by atoms with Crippen molar-refractivity contribution in [3.63, 3.8) is 0 Å². The van der Waals surface area contributed by atoms with Crippen LogP contribution in [-0.2, 0) is 15.0 Å². The van der Waals surface area contributed by atoms with Gasteiger partial charge >= 0.3 is 5.97 Å². The summed E-state index contributed by atoms with van der Waals surface area (Å²) in [6.45, 7) is 6.85. The number of hydrogen-bond donors (Lipinski definition) is 0. The Bertz CT molecular complexity index is 840. The zero-order chi connectivity index (χ0) is 20.3. The van der Waals surface area contributed by atoms with Crippen LogP contribution in [0.1, 0.15) is 39.2 Å². The Hall–Kier alpha value is -2.82. The highest BCUT2D eigenvalue weighted by molar-refractivity contribution is 5.99. The number of benzene rings is 2. The van der Waals surface area contributed by atoms with Crippen LogP contribution in [0.4, 0.5) is 5.69 Å². The first-order chi connectivity index (χ1) is 13.3. The summed E-state index contributed by atoms with van der Waals surface area (Å²) in [6.07, 6.45) is 1.18. The lowest BCUT2D eigenvalue weighted by Crippen LogP contribution is -2.27. The number of carbonyl (C=O) groups excluding carboxylic acids is 2. The highest BCUT2D eigenvalue weighted by atomic mass is 16.5. The summed E-state index contributed by atoms with van der Waals surface area (Å²) in [6, 6.07) is 14.9. The molecule has 2 aromatic rings. The summed E-state index contributed by atoms with van der Waals surface area (Å²) in [7, 11) is 1.60. The Morgan fingerprint density at radius 3 is 2.25 bits per heavy atom. The van der Waals surface area contributed by atoms with Crippen molar-refractivity contribution < 1.29 is 19.1 Å². The average molecular weight is 381 g/mol. The lowest BCUT2D eigenvalue weighted by atomic mass is 9.82. The van der Waals surface area contributed by atoms with Crippen LogP contribution in [0.2, 0.25) is 0 Å². The van der Waals surface area contributed by atoms with Crippen LogP contribution in [0.3, 0.4) is 0 Å². The number of methoxy groups -OCH3 is 1. The predicted molar refractivity (Wildman–Crippen MR) is 109 cm³/mol. The Morgan fingerprint density at radius 2 is 1.68 bits per heavy atom. The second-order valence-corrected chi connectivity index (χ2v) is 7.79. The van der Waals surface area contributed by atoms with Crippen LogP contribution >= 0.6 is 0 Å². The van der Waals surface area contributed by atoms with Gasteiger partial charge in [0.2, 0.25) is 5.91 Å². The summed E-state index contributed by atoms with van der Waals surface area (Å²) in [5, 5.41) is 0. The molecule has 0 N–H and O–H groups in total. The molecule has 1 fully saturated rings. The predicted octanol–water partition coefficient (Wildman–Crippen LogP) is 4.34. The molecule has 1 heterocycles. The van der Waals surface area contributed by atoms with Gasteiger partial charge in [-0.25, -0.2) is 0 Å². The van der Waals surface area contributed by atoms with Crippen molar-refractivity contribution in [2.45, 2.75) is 39.0 Å². The van der Waals surface area contributed by atoms with Crippen LogP contribution in [-0.4, -0.2) is 25.5 Å². The number of rotatable bonds is 6. The average Bonchev–Trinajstić information content (AvgIpc) is 3.10. The topological polar surface area (TPSA) is 55.8 Å². The van der Waals surface area contributed by atoms with E-state index in [1.54, 1.807) is 24.1 Å². The number of amides is 1. The standard InChI is InChI=1S/C23H27NO4/c1-5-23(2,3)17-6-10-20(11-7-17)28-22(26)16-14-21(25)24(15-16)18-8-12-19(27-4)13-9-18/h6-13,16H,5,14-15H2,1-4H3/t16-/m1/s1. The molecule has 0 saturated carbocycles. The van der Waals surface area contributed by atoms with Gasteiger partial charge in [0.15, 0.2) is 0 Å². The van der Waals surface area contributed by atoms with E-state index >= 15 is 0 Å². The Labute approximate surface area is 166 Å². The SMILES string of the molecule is CCC(C)(C)c1ccc(OC(=O)[C@@H]2CC(=O)N(c3ccc(OC)cc3)C2)cc1. The zero-order valence-corrected chi connectivity index (χ0v) is 16.9. The monoisotopic (exact) mass is 381 g/mol. The molecule has 0 radical (unpaired) electrons. The molecule has 1 aliphatic rings. The van der Waals surface area contributed by atoms with Crippen molar-refractivity contribution in [1.82, 2.24) is 0 Å². The molecule has 0 aliphatic carbocycles. The maximum Gasteiger partial charge on any atom is 0.316 e. The summed E-state index contributed by atoms with van der Waals surface area (Å²) in [4.78, 5) is 26.5. The number of esters is 1. The fourth-order valence-corrected chi connectivity index (χ4v) is 3.25. The van der Waals surface area contributed by atoms with Crippen molar-refractivity contribution in [3.05, 3.63) is 54.1 Å². The largest absolute Gasteiger partial charge is 0.497 e. The molecule has 28 heavy (non-hydrogen) atoms. The molecule has 5 nitrogen and oxygen atoms in total. The second kappa shape index (κ2) is 8.05. The third kappa shape index (κ3) is 4.19. The third-order valence-electron chi connectivity index (χ3n) is 5.58. The van der Waals surface area contributed by atoms with Gasteiger partial charge in [-0.3, -0.25) is 9.59 Å². The van der Waals surface area contributed by atoms with Crippen LogP contribution in [0, 0.1) is 5.92 Å². The molecule has 2 aromatic carbocycles. The quantitative estimate of drug-likeness (QED) is 0.552. The van der Waals surface area contributed by atoms with Crippen molar-refractivity contribution >= 4 is 17.6 Å². The number of hydrogen-bond acceptors (Lipinski definition) is 4.